The van der Waals surface area contributed by atoms with Crippen LogP contribution in [0.4, 0.5) is 4.39 Å². The molecule has 0 bridgehead atoms. The molecule has 1 N–H and O–H groups in total. The highest BCUT2D eigenvalue weighted by molar-refractivity contribution is 5.79. The second-order valence-electron chi connectivity index (χ2n) is 5.40. The second-order valence-corrected chi connectivity index (χ2v) is 5.40. The molecule has 4 heteroatoms. The molecule has 0 aliphatic carbocycles. The van der Waals surface area contributed by atoms with E-state index in [4.69, 9.17) is 0 Å². The first-order chi connectivity index (χ1) is 9.72. The first-order valence-corrected chi connectivity index (χ1v) is 7.40. The molecule has 1 saturated heterocycles. The lowest BCUT2D eigenvalue weighted by molar-refractivity contribution is -0.134. The normalized spacial score (nSPS) is 19.1. The smallest absolute Gasteiger partial charge is 0.227 e. The summed E-state index contributed by atoms with van der Waals surface area (Å²) in [5.74, 6) is -0.236. The molecule has 1 aliphatic rings. The Bertz CT molecular complexity index is 450. The van der Waals surface area contributed by atoms with Crippen LogP contribution in [-0.2, 0) is 11.2 Å². The van der Waals surface area contributed by atoms with Gasteiger partial charge in [0.15, 0.2) is 0 Å². The van der Waals surface area contributed by atoms with Crippen LogP contribution in [0.15, 0.2) is 24.3 Å². The zero-order valence-corrected chi connectivity index (χ0v) is 12.1. The van der Waals surface area contributed by atoms with Crippen molar-refractivity contribution < 1.29 is 9.18 Å². The van der Waals surface area contributed by atoms with Gasteiger partial charge < -0.3 is 10.2 Å². The van der Waals surface area contributed by atoms with Crippen LogP contribution >= 0.6 is 0 Å². The van der Waals surface area contributed by atoms with Crippen LogP contribution in [-0.4, -0.2) is 37.0 Å². The highest BCUT2D eigenvalue weighted by atomic mass is 19.1. The number of hydrogen-bond acceptors (Lipinski definition) is 2. The third-order valence-corrected chi connectivity index (χ3v) is 3.97. The van der Waals surface area contributed by atoms with Gasteiger partial charge in [0.05, 0.1) is 6.42 Å². The van der Waals surface area contributed by atoms with Gasteiger partial charge in [-0.15, -0.1) is 0 Å². The summed E-state index contributed by atoms with van der Waals surface area (Å²) < 4.78 is 13.6. The van der Waals surface area contributed by atoms with E-state index in [1.165, 1.54) is 12.5 Å². The van der Waals surface area contributed by atoms with Gasteiger partial charge in [0.2, 0.25) is 5.91 Å². The van der Waals surface area contributed by atoms with Gasteiger partial charge in [0, 0.05) is 12.6 Å². The Labute approximate surface area is 120 Å². The van der Waals surface area contributed by atoms with Gasteiger partial charge in [0.1, 0.15) is 5.82 Å². The Hall–Kier alpha value is -1.42. The number of carbonyl (C=O) groups is 1. The molecule has 1 amide bonds. The third-order valence-electron chi connectivity index (χ3n) is 3.97. The molecule has 0 radical (unpaired) electrons. The lowest BCUT2D eigenvalue weighted by Gasteiger charge is -2.36. The number of halogens is 1. The Morgan fingerprint density at radius 2 is 2.20 bits per heavy atom. The maximum atomic E-state index is 13.6. The molecule has 1 aromatic carbocycles. The van der Waals surface area contributed by atoms with Crippen LogP contribution in [0.1, 0.15) is 31.2 Å². The van der Waals surface area contributed by atoms with Gasteiger partial charge in [-0.2, -0.15) is 0 Å². The predicted octanol–water partition coefficient (Wildman–Crippen LogP) is 2.36. The van der Waals surface area contributed by atoms with Crippen LogP contribution in [0.5, 0.6) is 0 Å². The summed E-state index contributed by atoms with van der Waals surface area (Å²) in [5.41, 5.74) is 0.496. The van der Waals surface area contributed by atoms with Crippen molar-refractivity contribution in [2.45, 2.75) is 38.1 Å². The molecule has 0 spiro atoms. The van der Waals surface area contributed by atoms with Gasteiger partial charge in [-0.05, 0) is 50.9 Å². The van der Waals surface area contributed by atoms with E-state index in [9.17, 15) is 9.18 Å². The molecule has 0 aromatic heterocycles. The number of piperidine rings is 1. The molecule has 2 rings (SSSR count). The van der Waals surface area contributed by atoms with Gasteiger partial charge >= 0.3 is 0 Å². The molecular weight excluding hydrogens is 255 g/mol. The quantitative estimate of drug-likeness (QED) is 0.896. The molecule has 3 nitrogen and oxygen atoms in total. The largest absolute Gasteiger partial charge is 0.339 e. The van der Waals surface area contributed by atoms with Crippen molar-refractivity contribution in [2.24, 2.45) is 0 Å². The van der Waals surface area contributed by atoms with E-state index in [0.29, 0.717) is 11.6 Å². The van der Waals surface area contributed by atoms with Gasteiger partial charge in [-0.3, -0.25) is 4.79 Å². The maximum Gasteiger partial charge on any atom is 0.227 e. The summed E-state index contributed by atoms with van der Waals surface area (Å²) in [5, 5.41) is 3.14. The number of carbonyl (C=O) groups excluding carboxylic acids is 1. The van der Waals surface area contributed by atoms with Crippen LogP contribution in [0.25, 0.3) is 0 Å². The van der Waals surface area contributed by atoms with Gasteiger partial charge in [-0.25, -0.2) is 4.39 Å². The number of rotatable bonds is 5. The Balaban J connectivity index is 2.00. The standard InChI is InChI=1S/C16H23FN2O/c1-18-10-9-14-7-4-5-11-19(14)16(20)12-13-6-2-3-8-15(13)17/h2-3,6,8,14,18H,4-5,7,9-12H2,1H3. The molecular formula is C16H23FN2O. The molecule has 1 atom stereocenters. The number of nitrogens with one attached hydrogen (secondary N) is 1. The number of benzene rings is 1. The number of likely N-dealkylation sites (tertiary alicyclic amines) is 1. The van der Waals surface area contributed by atoms with E-state index < -0.39 is 0 Å². The average Bonchev–Trinajstić information content (AvgIpc) is 2.47. The molecule has 110 valence electrons. The molecule has 1 unspecified atom stereocenters. The van der Waals surface area contributed by atoms with Crippen molar-refractivity contribution in [1.29, 1.82) is 0 Å². The topological polar surface area (TPSA) is 32.3 Å². The SMILES string of the molecule is CNCCC1CCCCN1C(=O)Cc1ccccc1F. The number of hydrogen-bond donors (Lipinski definition) is 1. The van der Waals surface area contributed by atoms with Crippen LogP contribution < -0.4 is 5.32 Å². The summed E-state index contributed by atoms with van der Waals surface area (Å²) in [6, 6.07) is 6.84. The fourth-order valence-corrected chi connectivity index (χ4v) is 2.85. The lowest BCUT2D eigenvalue weighted by Crippen LogP contribution is -2.45. The monoisotopic (exact) mass is 278 g/mol. The minimum Gasteiger partial charge on any atom is -0.339 e. The van der Waals surface area contributed by atoms with Crippen LogP contribution in [0.2, 0.25) is 0 Å². The highest BCUT2D eigenvalue weighted by Gasteiger charge is 2.26. The first kappa shape index (κ1) is 15.0. The van der Waals surface area contributed by atoms with E-state index in [0.717, 1.165) is 32.4 Å². The molecule has 1 fully saturated rings. The van der Waals surface area contributed by atoms with Crippen LogP contribution in [0.3, 0.4) is 0 Å². The number of nitrogens with zero attached hydrogens (tertiary/aromatic N) is 1. The third kappa shape index (κ3) is 3.79. The van der Waals surface area contributed by atoms with Gasteiger partial charge in [-0.1, -0.05) is 18.2 Å². The molecule has 1 aromatic rings. The second kappa shape index (κ2) is 7.39. The van der Waals surface area contributed by atoms with Crippen molar-refractivity contribution in [1.82, 2.24) is 10.2 Å². The molecule has 20 heavy (non-hydrogen) atoms. The van der Waals surface area contributed by atoms with E-state index >= 15 is 0 Å². The Kier molecular flexibility index (Phi) is 5.53. The van der Waals surface area contributed by atoms with Crippen molar-refractivity contribution >= 4 is 5.91 Å². The fraction of sp³-hybridized carbons (Fsp3) is 0.562. The zero-order chi connectivity index (χ0) is 14.4. The molecule has 1 heterocycles. The Morgan fingerprint density at radius 3 is 2.95 bits per heavy atom. The van der Waals surface area contributed by atoms with E-state index in [2.05, 4.69) is 5.32 Å². The van der Waals surface area contributed by atoms with Crippen molar-refractivity contribution in [3.8, 4) is 0 Å². The zero-order valence-electron chi connectivity index (χ0n) is 12.1. The van der Waals surface area contributed by atoms with Gasteiger partial charge in [0.25, 0.3) is 0 Å². The first-order valence-electron chi connectivity index (χ1n) is 7.40. The minimum atomic E-state index is -0.287. The maximum absolute atomic E-state index is 13.6. The summed E-state index contributed by atoms with van der Waals surface area (Å²) in [4.78, 5) is 14.4. The average molecular weight is 278 g/mol. The Morgan fingerprint density at radius 1 is 1.40 bits per heavy atom. The van der Waals surface area contributed by atoms with E-state index in [1.807, 2.05) is 11.9 Å². The summed E-state index contributed by atoms with van der Waals surface area (Å²) in [7, 11) is 1.92. The molecule has 1 aliphatic heterocycles. The highest BCUT2D eigenvalue weighted by Crippen LogP contribution is 2.21. The summed E-state index contributed by atoms with van der Waals surface area (Å²) in [6.07, 6.45) is 4.43. The minimum absolute atomic E-state index is 0.0518. The van der Waals surface area contributed by atoms with E-state index in [1.54, 1.807) is 18.2 Å². The fourth-order valence-electron chi connectivity index (χ4n) is 2.85. The lowest BCUT2D eigenvalue weighted by atomic mass is 9.98. The predicted molar refractivity (Wildman–Crippen MR) is 78.0 cm³/mol. The summed E-state index contributed by atoms with van der Waals surface area (Å²) >= 11 is 0. The molecule has 0 saturated carbocycles. The summed E-state index contributed by atoms with van der Waals surface area (Å²) in [6.45, 7) is 1.72. The van der Waals surface area contributed by atoms with Crippen molar-refractivity contribution in [3.63, 3.8) is 0 Å². The van der Waals surface area contributed by atoms with Crippen molar-refractivity contribution in [2.75, 3.05) is 20.1 Å². The van der Waals surface area contributed by atoms with Crippen LogP contribution in [0, 0.1) is 5.82 Å². The number of amides is 1. The van der Waals surface area contributed by atoms with E-state index in [-0.39, 0.29) is 18.1 Å². The van der Waals surface area contributed by atoms with Crippen molar-refractivity contribution in [3.05, 3.63) is 35.6 Å².